The highest BCUT2D eigenvalue weighted by molar-refractivity contribution is 6.03. The number of hydrogen-bond donors (Lipinski definition) is 1. The normalized spacial score (nSPS) is 19.8. The molecule has 0 saturated carbocycles. The van der Waals surface area contributed by atoms with Gasteiger partial charge in [0.15, 0.2) is 0 Å². The molecule has 0 aromatic heterocycles. The Bertz CT molecular complexity index is 622. The van der Waals surface area contributed by atoms with Crippen LogP contribution in [0.15, 0.2) is 18.2 Å². The van der Waals surface area contributed by atoms with E-state index in [1.807, 2.05) is 11.0 Å². The number of hydrogen-bond acceptors (Lipinski definition) is 2. The molecule has 2 aliphatic rings. The van der Waals surface area contributed by atoms with E-state index in [9.17, 15) is 4.79 Å². The second-order valence-electron chi connectivity index (χ2n) is 6.91. The van der Waals surface area contributed by atoms with E-state index >= 15 is 0 Å². The summed E-state index contributed by atoms with van der Waals surface area (Å²) >= 11 is 0. The lowest BCUT2D eigenvalue weighted by Crippen LogP contribution is -2.35. The fourth-order valence-electron chi connectivity index (χ4n) is 3.47. The van der Waals surface area contributed by atoms with E-state index in [0.717, 1.165) is 48.3 Å². The molecule has 1 saturated heterocycles. The highest BCUT2D eigenvalue weighted by atomic mass is 16.2. The number of nitrogens with one attached hydrogen (secondary N) is 1. The lowest BCUT2D eigenvalue weighted by molar-refractivity contribution is 0.0793. The van der Waals surface area contributed by atoms with E-state index in [4.69, 9.17) is 0 Å². The Balaban J connectivity index is 2.10. The number of aryl methyl sites for hydroxylation is 1. The number of allylic oxidation sites excluding steroid dienone is 1. The van der Waals surface area contributed by atoms with Crippen molar-refractivity contribution in [3.8, 4) is 0 Å². The summed E-state index contributed by atoms with van der Waals surface area (Å²) in [6.45, 7) is 10.3. The first-order valence-corrected chi connectivity index (χ1v) is 7.79. The van der Waals surface area contributed by atoms with Crippen molar-refractivity contribution in [3.05, 3.63) is 34.9 Å². The summed E-state index contributed by atoms with van der Waals surface area (Å²) in [5, 5.41) is 3.54. The summed E-state index contributed by atoms with van der Waals surface area (Å²) in [7, 11) is 0. The summed E-state index contributed by atoms with van der Waals surface area (Å²) in [6, 6.07) is 4.20. The Morgan fingerprint density at radius 2 is 1.86 bits per heavy atom. The first-order chi connectivity index (χ1) is 9.87. The predicted octanol–water partition coefficient (Wildman–Crippen LogP) is 3.84. The number of fused-ring (bicyclic) bond motifs is 1. The highest BCUT2D eigenvalue weighted by Crippen LogP contribution is 2.37. The first-order valence-electron chi connectivity index (χ1n) is 7.79. The second kappa shape index (κ2) is 4.90. The zero-order valence-corrected chi connectivity index (χ0v) is 13.4. The molecule has 2 aliphatic heterocycles. The molecule has 21 heavy (non-hydrogen) atoms. The van der Waals surface area contributed by atoms with Gasteiger partial charge in [0, 0.05) is 18.7 Å². The van der Waals surface area contributed by atoms with Crippen molar-refractivity contribution in [3.63, 3.8) is 0 Å². The van der Waals surface area contributed by atoms with E-state index in [2.05, 4.69) is 45.2 Å². The quantitative estimate of drug-likeness (QED) is 0.850. The van der Waals surface area contributed by atoms with Gasteiger partial charge < -0.3 is 10.2 Å². The summed E-state index contributed by atoms with van der Waals surface area (Å²) in [4.78, 5) is 14.8. The van der Waals surface area contributed by atoms with E-state index in [0.29, 0.717) is 0 Å². The third kappa shape index (κ3) is 2.57. The van der Waals surface area contributed by atoms with Gasteiger partial charge in [-0.2, -0.15) is 0 Å². The molecule has 1 aromatic rings. The van der Waals surface area contributed by atoms with E-state index in [1.54, 1.807) is 0 Å². The number of benzene rings is 1. The lowest BCUT2D eigenvalue weighted by Gasteiger charge is -2.33. The van der Waals surface area contributed by atoms with Gasteiger partial charge in [0.2, 0.25) is 0 Å². The van der Waals surface area contributed by atoms with Gasteiger partial charge in [0.25, 0.3) is 5.91 Å². The number of anilines is 1. The first kappa shape index (κ1) is 14.2. The molecule has 1 N–H and O–H groups in total. The van der Waals surface area contributed by atoms with E-state index in [-0.39, 0.29) is 11.4 Å². The average Bonchev–Trinajstić information content (AvgIpc) is 2.91. The van der Waals surface area contributed by atoms with Crippen molar-refractivity contribution < 1.29 is 4.79 Å². The zero-order valence-electron chi connectivity index (χ0n) is 13.4. The highest BCUT2D eigenvalue weighted by Gasteiger charge is 2.29. The molecule has 0 radical (unpaired) electrons. The van der Waals surface area contributed by atoms with Gasteiger partial charge in [-0.15, -0.1) is 0 Å². The SMILES string of the molecule is CC1=CC(C)(C)Nc2c(C(=O)N3CCCC3)cc(C)cc21. The molecule has 2 heterocycles. The van der Waals surface area contributed by atoms with Gasteiger partial charge in [0.05, 0.1) is 16.8 Å². The Morgan fingerprint density at radius 3 is 2.52 bits per heavy atom. The molecule has 0 unspecified atom stereocenters. The predicted molar refractivity (Wildman–Crippen MR) is 87.7 cm³/mol. The third-order valence-corrected chi connectivity index (χ3v) is 4.36. The molecule has 1 fully saturated rings. The van der Waals surface area contributed by atoms with Gasteiger partial charge in [-0.1, -0.05) is 6.08 Å². The summed E-state index contributed by atoms with van der Waals surface area (Å²) in [6.07, 6.45) is 4.48. The fraction of sp³-hybridized carbons (Fsp3) is 0.500. The van der Waals surface area contributed by atoms with Crippen LogP contribution in [0.25, 0.3) is 5.57 Å². The number of nitrogens with zero attached hydrogens (tertiary/aromatic N) is 1. The van der Waals surface area contributed by atoms with Crippen molar-refractivity contribution in [2.75, 3.05) is 18.4 Å². The number of amides is 1. The summed E-state index contributed by atoms with van der Waals surface area (Å²) in [5.74, 6) is 0.172. The molecule has 1 aromatic carbocycles. The number of carbonyl (C=O) groups excluding carboxylic acids is 1. The second-order valence-corrected chi connectivity index (χ2v) is 6.91. The van der Waals surface area contributed by atoms with Crippen LogP contribution in [0.3, 0.4) is 0 Å². The number of rotatable bonds is 1. The van der Waals surface area contributed by atoms with Gasteiger partial charge in [-0.05, 0) is 63.8 Å². The minimum Gasteiger partial charge on any atom is -0.376 e. The van der Waals surface area contributed by atoms with Gasteiger partial charge in [-0.25, -0.2) is 0 Å². The van der Waals surface area contributed by atoms with Crippen LogP contribution in [-0.4, -0.2) is 29.4 Å². The molecule has 0 spiro atoms. The minimum absolute atomic E-state index is 0.119. The molecule has 3 nitrogen and oxygen atoms in total. The van der Waals surface area contributed by atoms with Crippen LogP contribution in [0.4, 0.5) is 5.69 Å². The van der Waals surface area contributed by atoms with Gasteiger partial charge in [-0.3, -0.25) is 4.79 Å². The van der Waals surface area contributed by atoms with Crippen LogP contribution in [0.2, 0.25) is 0 Å². The molecule has 0 bridgehead atoms. The Labute approximate surface area is 127 Å². The molecule has 112 valence electrons. The van der Waals surface area contributed by atoms with Crippen LogP contribution < -0.4 is 5.32 Å². The lowest BCUT2D eigenvalue weighted by atomic mass is 9.88. The maximum absolute atomic E-state index is 12.9. The maximum Gasteiger partial charge on any atom is 0.255 e. The molecular formula is C18H24N2O. The summed E-state index contributed by atoms with van der Waals surface area (Å²) in [5.41, 5.74) is 5.26. The van der Waals surface area contributed by atoms with E-state index in [1.165, 1.54) is 5.57 Å². The van der Waals surface area contributed by atoms with Crippen molar-refractivity contribution in [2.24, 2.45) is 0 Å². The molecule has 3 rings (SSSR count). The van der Waals surface area contributed by atoms with Crippen LogP contribution in [-0.2, 0) is 0 Å². The topological polar surface area (TPSA) is 32.3 Å². The Morgan fingerprint density at radius 1 is 1.19 bits per heavy atom. The average molecular weight is 284 g/mol. The number of carbonyl (C=O) groups is 1. The fourth-order valence-corrected chi connectivity index (χ4v) is 3.47. The molecule has 0 atom stereocenters. The van der Waals surface area contributed by atoms with Crippen molar-refractivity contribution >= 4 is 17.2 Å². The van der Waals surface area contributed by atoms with Crippen LogP contribution in [0, 0.1) is 6.92 Å². The van der Waals surface area contributed by atoms with Crippen LogP contribution in [0.1, 0.15) is 55.1 Å². The third-order valence-electron chi connectivity index (χ3n) is 4.36. The monoisotopic (exact) mass is 284 g/mol. The van der Waals surface area contributed by atoms with Crippen molar-refractivity contribution in [2.45, 2.75) is 46.1 Å². The van der Waals surface area contributed by atoms with Crippen LogP contribution >= 0.6 is 0 Å². The van der Waals surface area contributed by atoms with Crippen LogP contribution in [0.5, 0.6) is 0 Å². The van der Waals surface area contributed by atoms with Crippen molar-refractivity contribution in [1.29, 1.82) is 0 Å². The largest absolute Gasteiger partial charge is 0.376 e. The van der Waals surface area contributed by atoms with E-state index < -0.39 is 0 Å². The molecule has 0 aliphatic carbocycles. The molecule has 3 heteroatoms. The van der Waals surface area contributed by atoms with Crippen molar-refractivity contribution in [1.82, 2.24) is 4.90 Å². The molecular weight excluding hydrogens is 260 g/mol. The number of likely N-dealkylation sites (tertiary alicyclic amines) is 1. The van der Waals surface area contributed by atoms with Gasteiger partial charge in [0.1, 0.15) is 0 Å². The maximum atomic E-state index is 12.9. The minimum atomic E-state index is -0.119. The molecule has 1 amide bonds. The zero-order chi connectivity index (χ0) is 15.2. The Hall–Kier alpha value is -1.77. The smallest absolute Gasteiger partial charge is 0.255 e. The Kier molecular flexibility index (Phi) is 3.31. The standard InChI is InChI=1S/C18H24N2O/c1-12-9-14-13(2)11-18(3,4)19-16(14)15(10-12)17(21)20-7-5-6-8-20/h9-11,19H,5-8H2,1-4H3. The van der Waals surface area contributed by atoms with Gasteiger partial charge >= 0.3 is 0 Å². The summed E-state index contributed by atoms with van der Waals surface area (Å²) < 4.78 is 0.